The van der Waals surface area contributed by atoms with Crippen molar-refractivity contribution in [3.63, 3.8) is 0 Å². The number of esters is 1. The van der Waals surface area contributed by atoms with E-state index in [0.29, 0.717) is 17.7 Å². The number of hydrogen-bond donors (Lipinski definition) is 0. The molecule has 1 aromatic rings. The third kappa shape index (κ3) is 3.74. The van der Waals surface area contributed by atoms with Gasteiger partial charge in [-0.1, -0.05) is 25.8 Å². The van der Waals surface area contributed by atoms with Gasteiger partial charge in [0, 0.05) is 0 Å². The first-order valence-electron chi connectivity index (χ1n) is 5.45. The molecule has 0 N–H and O–H groups in total. The topological polar surface area (TPSA) is 50.1 Å². The molecule has 84 valence electrons. The molecule has 0 saturated heterocycles. The highest BCUT2D eigenvalue weighted by atomic mass is 16.5. The lowest BCUT2D eigenvalue weighted by atomic mass is 10.1. The van der Waals surface area contributed by atoms with Gasteiger partial charge in [-0.05, 0) is 24.6 Å². The summed E-state index contributed by atoms with van der Waals surface area (Å²) in [5.41, 5.74) is 0.915. The molecule has 0 amide bonds. The Morgan fingerprint density at radius 3 is 2.94 bits per heavy atom. The molecule has 0 radical (unpaired) electrons. The van der Waals surface area contributed by atoms with Crippen LogP contribution in [-0.4, -0.2) is 12.6 Å². The molecule has 16 heavy (non-hydrogen) atoms. The van der Waals surface area contributed by atoms with Crippen molar-refractivity contribution >= 4 is 5.97 Å². The summed E-state index contributed by atoms with van der Waals surface area (Å²) in [6.07, 6.45) is 3.05. The van der Waals surface area contributed by atoms with Crippen molar-refractivity contribution in [1.82, 2.24) is 0 Å². The Labute approximate surface area is 95.7 Å². The number of carbonyl (C=O) groups excluding carboxylic acids is 1. The molecule has 0 bridgehead atoms. The smallest absolute Gasteiger partial charge is 0.338 e. The van der Waals surface area contributed by atoms with Gasteiger partial charge >= 0.3 is 5.97 Å². The molecule has 0 aliphatic rings. The minimum absolute atomic E-state index is 0.354. The third-order valence-corrected chi connectivity index (χ3v) is 2.21. The number of hydrogen-bond acceptors (Lipinski definition) is 3. The normalized spacial score (nSPS) is 9.50. The van der Waals surface area contributed by atoms with Crippen molar-refractivity contribution in [3.8, 4) is 6.07 Å². The molecule has 0 aliphatic carbocycles. The summed E-state index contributed by atoms with van der Waals surface area (Å²) in [6.45, 7) is 2.54. The third-order valence-electron chi connectivity index (χ3n) is 2.21. The van der Waals surface area contributed by atoms with Gasteiger partial charge < -0.3 is 4.74 Å². The summed E-state index contributed by atoms with van der Waals surface area (Å²) in [5, 5.41) is 8.69. The van der Waals surface area contributed by atoms with Gasteiger partial charge in [-0.3, -0.25) is 0 Å². The van der Waals surface area contributed by atoms with Gasteiger partial charge in [-0.25, -0.2) is 4.79 Å². The molecule has 0 aliphatic heterocycles. The molecule has 1 aromatic carbocycles. The molecular formula is C13H15NO2. The quantitative estimate of drug-likeness (QED) is 0.562. The Bertz CT molecular complexity index is 393. The van der Waals surface area contributed by atoms with Crippen LogP contribution in [0.1, 0.15) is 42.1 Å². The Morgan fingerprint density at radius 1 is 1.44 bits per heavy atom. The number of carbonyl (C=O) groups is 1. The molecule has 0 spiro atoms. The summed E-state index contributed by atoms with van der Waals surface area (Å²) in [6, 6.07) is 8.53. The van der Waals surface area contributed by atoms with E-state index in [-0.39, 0.29) is 5.97 Å². The van der Waals surface area contributed by atoms with Crippen LogP contribution in [0.3, 0.4) is 0 Å². The van der Waals surface area contributed by atoms with Crippen LogP contribution in [0.4, 0.5) is 0 Å². The van der Waals surface area contributed by atoms with E-state index < -0.39 is 0 Å². The number of nitrogens with zero attached hydrogens (tertiary/aromatic N) is 1. The van der Waals surface area contributed by atoms with Crippen molar-refractivity contribution in [2.75, 3.05) is 6.61 Å². The number of unbranched alkanes of at least 4 members (excludes halogenated alkanes) is 2. The first kappa shape index (κ1) is 12.3. The average Bonchev–Trinajstić information content (AvgIpc) is 2.34. The maximum absolute atomic E-state index is 11.5. The molecule has 3 heteroatoms. The van der Waals surface area contributed by atoms with E-state index in [4.69, 9.17) is 10.00 Å². The summed E-state index contributed by atoms with van der Waals surface area (Å²) in [5.74, 6) is -0.354. The van der Waals surface area contributed by atoms with Crippen LogP contribution in [0.2, 0.25) is 0 Å². The zero-order chi connectivity index (χ0) is 11.8. The number of rotatable bonds is 5. The molecule has 0 unspecified atom stereocenters. The fourth-order valence-electron chi connectivity index (χ4n) is 1.32. The molecule has 0 aromatic heterocycles. The molecule has 0 fully saturated rings. The van der Waals surface area contributed by atoms with Gasteiger partial charge in [0.1, 0.15) is 0 Å². The standard InChI is InChI=1S/C13H15NO2/c1-2-3-4-8-16-13(15)12-7-5-6-11(9-12)10-14/h5-7,9H,2-4,8H2,1H3. The van der Waals surface area contributed by atoms with E-state index in [1.807, 2.05) is 6.07 Å². The van der Waals surface area contributed by atoms with E-state index in [1.54, 1.807) is 24.3 Å². The average molecular weight is 217 g/mol. The second-order valence-corrected chi connectivity index (χ2v) is 3.54. The van der Waals surface area contributed by atoms with E-state index in [9.17, 15) is 4.79 Å². The first-order chi connectivity index (χ1) is 7.77. The second kappa shape index (κ2) is 6.62. The van der Waals surface area contributed by atoms with Crippen molar-refractivity contribution in [2.45, 2.75) is 26.2 Å². The van der Waals surface area contributed by atoms with E-state index in [2.05, 4.69) is 6.92 Å². The minimum atomic E-state index is -0.354. The van der Waals surface area contributed by atoms with Crippen molar-refractivity contribution < 1.29 is 9.53 Å². The van der Waals surface area contributed by atoms with Crippen molar-refractivity contribution in [1.29, 1.82) is 5.26 Å². The largest absolute Gasteiger partial charge is 0.462 e. The van der Waals surface area contributed by atoms with Crippen LogP contribution in [0.5, 0.6) is 0 Å². The van der Waals surface area contributed by atoms with Gasteiger partial charge in [-0.2, -0.15) is 5.26 Å². The van der Waals surface area contributed by atoms with Crippen molar-refractivity contribution in [2.24, 2.45) is 0 Å². The van der Waals surface area contributed by atoms with Crippen LogP contribution in [0.15, 0.2) is 24.3 Å². The Kier molecular flexibility index (Phi) is 5.07. The number of nitriles is 1. The summed E-state index contributed by atoms with van der Waals surface area (Å²) in [7, 11) is 0. The summed E-state index contributed by atoms with van der Waals surface area (Å²) < 4.78 is 5.08. The first-order valence-corrected chi connectivity index (χ1v) is 5.45. The zero-order valence-corrected chi connectivity index (χ0v) is 9.40. The van der Waals surface area contributed by atoms with Gasteiger partial charge in [0.05, 0.1) is 23.8 Å². The Balaban J connectivity index is 2.50. The van der Waals surface area contributed by atoms with Crippen LogP contribution < -0.4 is 0 Å². The van der Waals surface area contributed by atoms with E-state index in [0.717, 1.165) is 19.3 Å². The number of benzene rings is 1. The minimum Gasteiger partial charge on any atom is -0.462 e. The Morgan fingerprint density at radius 2 is 2.25 bits per heavy atom. The molecule has 1 rings (SSSR count). The van der Waals surface area contributed by atoms with Crippen LogP contribution >= 0.6 is 0 Å². The van der Waals surface area contributed by atoms with Crippen LogP contribution in [0.25, 0.3) is 0 Å². The van der Waals surface area contributed by atoms with Gasteiger partial charge in [0.2, 0.25) is 0 Å². The van der Waals surface area contributed by atoms with Crippen LogP contribution in [0, 0.1) is 11.3 Å². The van der Waals surface area contributed by atoms with Crippen LogP contribution in [-0.2, 0) is 4.74 Å². The lowest BCUT2D eigenvalue weighted by Crippen LogP contribution is -2.06. The monoisotopic (exact) mass is 217 g/mol. The zero-order valence-electron chi connectivity index (χ0n) is 9.40. The van der Waals surface area contributed by atoms with E-state index >= 15 is 0 Å². The SMILES string of the molecule is CCCCCOC(=O)c1cccc(C#N)c1. The second-order valence-electron chi connectivity index (χ2n) is 3.54. The molecule has 0 heterocycles. The van der Waals surface area contributed by atoms with E-state index in [1.165, 1.54) is 0 Å². The molecular weight excluding hydrogens is 202 g/mol. The lowest BCUT2D eigenvalue weighted by molar-refractivity contribution is 0.0498. The molecule has 0 saturated carbocycles. The summed E-state index contributed by atoms with van der Waals surface area (Å²) in [4.78, 5) is 11.5. The lowest BCUT2D eigenvalue weighted by Gasteiger charge is -2.04. The maximum Gasteiger partial charge on any atom is 0.338 e. The maximum atomic E-state index is 11.5. The highest BCUT2D eigenvalue weighted by Gasteiger charge is 2.06. The predicted molar refractivity (Wildman–Crippen MR) is 61.0 cm³/mol. The fraction of sp³-hybridized carbons (Fsp3) is 0.385. The Hall–Kier alpha value is -1.82. The highest BCUT2D eigenvalue weighted by molar-refractivity contribution is 5.89. The van der Waals surface area contributed by atoms with Gasteiger partial charge in [0.15, 0.2) is 0 Å². The molecule has 3 nitrogen and oxygen atoms in total. The summed E-state index contributed by atoms with van der Waals surface area (Å²) >= 11 is 0. The fourth-order valence-corrected chi connectivity index (χ4v) is 1.32. The van der Waals surface area contributed by atoms with Gasteiger partial charge in [-0.15, -0.1) is 0 Å². The highest BCUT2D eigenvalue weighted by Crippen LogP contribution is 2.06. The predicted octanol–water partition coefficient (Wildman–Crippen LogP) is 2.91. The van der Waals surface area contributed by atoms with Gasteiger partial charge in [0.25, 0.3) is 0 Å². The number of ether oxygens (including phenoxy) is 1. The van der Waals surface area contributed by atoms with Crippen molar-refractivity contribution in [3.05, 3.63) is 35.4 Å². The molecule has 0 atom stereocenters.